The van der Waals surface area contributed by atoms with E-state index in [-0.39, 0.29) is 0 Å². The second kappa shape index (κ2) is 13.7. The molecule has 0 amide bonds. The lowest BCUT2D eigenvalue weighted by molar-refractivity contribution is -0.137. The monoisotopic (exact) mass is 298 g/mol. The van der Waals surface area contributed by atoms with Gasteiger partial charge in [-0.05, 0) is 26.2 Å². The maximum Gasteiger partial charge on any atom is 0.328 e. The molecule has 0 aliphatic heterocycles. The number of rotatable bonds is 14. The fourth-order valence-electron chi connectivity index (χ4n) is 2.38. The highest BCUT2D eigenvalue weighted by Gasteiger charge is 1.97. The highest BCUT2D eigenvalue weighted by atomic mass is 16.4. The van der Waals surface area contributed by atoms with E-state index in [2.05, 4.69) is 0 Å². The summed E-state index contributed by atoms with van der Waals surface area (Å²) >= 11 is 0. The largest absolute Gasteiger partial charge is 0.481 e. The lowest BCUT2D eigenvalue weighted by atomic mass is 10.0. The molecular weight excluding hydrogens is 268 g/mol. The van der Waals surface area contributed by atoms with Crippen LogP contribution in [0, 0.1) is 0 Å². The van der Waals surface area contributed by atoms with E-state index < -0.39 is 11.9 Å². The Balaban J connectivity index is 3.19. The number of carboxylic acids is 2. The van der Waals surface area contributed by atoms with E-state index >= 15 is 0 Å². The highest BCUT2D eigenvalue weighted by Crippen LogP contribution is 2.13. The third kappa shape index (κ3) is 16.6. The van der Waals surface area contributed by atoms with Crippen molar-refractivity contribution in [2.24, 2.45) is 0 Å². The Morgan fingerprint density at radius 1 is 0.714 bits per heavy atom. The molecule has 0 aliphatic carbocycles. The van der Waals surface area contributed by atoms with Crippen LogP contribution in [0.15, 0.2) is 11.6 Å². The highest BCUT2D eigenvalue weighted by molar-refractivity contribution is 5.80. The van der Waals surface area contributed by atoms with Crippen molar-refractivity contribution in [3.8, 4) is 0 Å². The summed E-state index contributed by atoms with van der Waals surface area (Å²) in [5.41, 5.74) is 0.948. The molecular formula is C17H30O4. The Morgan fingerprint density at radius 2 is 1.10 bits per heavy atom. The number of carbonyl (C=O) groups is 2. The Kier molecular flexibility index (Phi) is 12.8. The number of allylic oxidation sites excluding steroid dienone is 1. The van der Waals surface area contributed by atoms with Gasteiger partial charge in [-0.15, -0.1) is 0 Å². The molecule has 4 heteroatoms. The van der Waals surface area contributed by atoms with E-state index in [1.54, 1.807) is 0 Å². The molecule has 0 saturated carbocycles. The van der Waals surface area contributed by atoms with Crippen molar-refractivity contribution >= 4 is 11.9 Å². The zero-order valence-electron chi connectivity index (χ0n) is 13.3. The van der Waals surface area contributed by atoms with Gasteiger partial charge < -0.3 is 10.2 Å². The van der Waals surface area contributed by atoms with E-state index in [1.165, 1.54) is 44.6 Å². The minimum atomic E-state index is -0.851. The molecule has 21 heavy (non-hydrogen) atoms. The van der Waals surface area contributed by atoms with Crippen molar-refractivity contribution < 1.29 is 19.8 Å². The van der Waals surface area contributed by atoms with Crippen molar-refractivity contribution in [2.45, 2.75) is 84.0 Å². The van der Waals surface area contributed by atoms with Crippen LogP contribution in [0.25, 0.3) is 0 Å². The summed E-state index contributed by atoms with van der Waals surface area (Å²) in [5, 5.41) is 17.1. The Hall–Kier alpha value is -1.32. The molecule has 0 radical (unpaired) electrons. The molecule has 0 fully saturated rings. The normalized spacial score (nSPS) is 11.6. The van der Waals surface area contributed by atoms with E-state index in [1.807, 2.05) is 6.92 Å². The van der Waals surface area contributed by atoms with Crippen LogP contribution in [0.2, 0.25) is 0 Å². The van der Waals surface area contributed by atoms with Crippen LogP contribution in [0.5, 0.6) is 0 Å². The van der Waals surface area contributed by atoms with Gasteiger partial charge in [-0.25, -0.2) is 4.79 Å². The maximum atomic E-state index is 10.4. The average molecular weight is 298 g/mol. The summed E-state index contributed by atoms with van der Waals surface area (Å²) in [4.78, 5) is 20.8. The number of hydrogen-bond acceptors (Lipinski definition) is 2. The van der Waals surface area contributed by atoms with E-state index in [9.17, 15) is 9.59 Å². The van der Waals surface area contributed by atoms with Gasteiger partial charge in [-0.2, -0.15) is 0 Å². The Labute approximate surface area is 128 Å². The van der Waals surface area contributed by atoms with Crippen molar-refractivity contribution in [3.63, 3.8) is 0 Å². The fourth-order valence-corrected chi connectivity index (χ4v) is 2.38. The van der Waals surface area contributed by atoms with Gasteiger partial charge in [0.1, 0.15) is 0 Å². The van der Waals surface area contributed by atoms with Crippen LogP contribution >= 0.6 is 0 Å². The standard InChI is InChI=1S/C17H30O4/c1-15(14-17(20)21)12-10-8-6-4-2-3-5-7-9-11-13-16(18)19/h14H,2-13H2,1H3,(H,18,19)(H,20,21)/b15-14+. The summed E-state index contributed by atoms with van der Waals surface area (Å²) in [7, 11) is 0. The molecule has 0 aromatic heterocycles. The second-order valence-electron chi connectivity index (χ2n) is 5.76. The second-order valence-corrected chi connectivity index (χ2v) is 5.76. The smallest absolute Gasteiger partial charge is 0.328 e. The predicted octanol–water partition coefficient (Wildman–Crippen LogP) is 4.78. The summed E-state index contributed by atoms with van der Waals surface area (Å²) in [6, 6.07) is 0. The van der Waals surface area contributed by atoms with Crippen LogP contribution in [-0.2, 0) is 9.59 Å². The summed E-state index contributed by atoms with van der Waals surface area (Å²) < 4.78 is 0. The number of unbranched alkanes of at least 4 members (excludes halogenated alkanes) is 9. The molecule has 0 aromatic carbocycles. The molecule has 0 unspecified atom stereocenters. The van der Waals surface area contributed by atoms with Gasteiger partial charge in [0.2, 0.25) is 0 Å². The van der Waals surface area contributed by atoms with Crippen molar-refractivity contribution in [2.75, 3.05) is 0 Å². The van der Waals surface area contributed by atoms with E-state index in [0.29, 0.717) is 6.42 Å². The first kappa shape index (κ1) is 19.7. The third-order valence-corrected chi connectivity index (χ3v) is 3.58. The summed E-state index contributed by atoms with van der Waals surface area (Å²) in [6.45, 7) is 1.87. The van der Waals surface area contributed by atoms with Crippen LogP contribution in [0.3, 0.4) is 0 Å². The Morgan fingerprint density at radius 3 is 1.48 bits per heavy atom. The molecule has 0 atom stereocenters. The lowest BCUT2D eigenvalue weighted by Crippen LogP contribution is -1.93. The molecule has 0 saturated heterocycles. The Bertz CT molecular complexity index is 321. The van der Waals surface area contributed by atoms with Gasteiger partial charge in [0.15, 0.2) is 0 Å². The average Bonchev–Trinajstić information content (AvgIpc) is 2.38. The number of aliphatic carboxylic acids is 2. The number of carboxylic acid groups (broad SMARTS) is 2. The minimum Gasteiger partial charge on any atom is -0.481 e. The first-order valence-electron chi connectivity index (χ1n) is 8.14. The summed E-state index contributed by atoms with van der Waals surface area (Å²) in [6.07, 6.45) is 13.9. The molecule has 0 aliphatic rings. The zero-order chi connectivity index (χ0) is 15.9. The maximum absolute atomic E-state index is 10.4. The van der Waals surface area contributed by atoms with Crippen molar-refractivity contribution in [1.29, 1.82) is 0 Å². The van der Waals surface area contributed by atoms with E-state index in [0.717, 1.165) is 37.7 Å². The quantitative estimate of drug-likeness (QED) is 0.357. The van der Waals surface area contributed by atoms with Crippen LogP contribution in [0.4, 0.5) is 0 Å². The van der Waals surface area contributed by atoms with Crippen LogP contribution in [0.1, 0.15) is 84.0 Å². The third-order valence-electron chi connectivity index (χ3n) is 3.58. The molecule has 0 spiro atoms. The van der Waals surface area contributed by atoms with Crippen molar-refractivity contribution in [3.05, 3.63) is 11.6 Å². The van der Waals surface area contributed by atoms with Gasteiger partial charge in [0, 0.05) is 12.5 Å². The minimum absolute atomic E-state index is 0.301. The fraction of sp³-hybridized carbons (Fsp3) is 0.765. The van der Waals surface area contributed by atoms with Gasteiger partial charge in [-0.1, -0.05) is 56.9 Å². The van der Waals surface area contributed by atoms with E-state index in [4.69, 9.17) is 10.2 Å². The molecule has 0 aromatic rings. The zero-order valence-corrected chi connectivity index (χ0v) is 13.3. The lowest BCUT2D eigenvalue weighted by Gasteiger charge is -2.03. The molecule has 0 heterocycles. The predicted molar refractivity (Wildman–Crippen MR) is 84.4 cm³/mol. The molecule has 4 nitrogen and oxygen atoms in total. The van der Waals surface area contributed by atoms with Crippen LogP contribution in [-0.4, -0.2) is 22.2 Å². The summed E-state index contributed by atoms with van der Waals surface area (Å²) in [5.74, 6) is -1.54. The van der Waals surface area contributed by atoms with Gasteiger partial charge >= 0.3 is 11.9 Å². The van der Waals surface area contributed by atoms with Gasteiger partial charge in [0.05, 0.1) is 0 Å². The molecule has 2 N–H and O–H groups in total. The molecule has 122 valence electrons. The van der Waals surface area contributed by atoms with Gasteiger partial charge in [0.25, 0.3) is 0 Å². The van der Waals surface area contributed by atoms with Crippen LogP contribution < -0.4 is 0 Å². The van der Waals surface area contributed by atoms with Crippen molar-refractivity contribution in [1.82, 2.24) is 0 Å². The number of hydrogen-bond donors (Lipinski definition) is 2. The first-order valence-corrected chi connectivity index (χ1v) is 8.14. The topological polar surface area (TPSA) is 74.6 Å². The first-order chi connectivity index (χ1) is 10.0. The molecule has 0 rings (SSSR count). The van der Waals surface area contributed by atoms with Gasteiger partial charge in [-0.3, -0.25) is 4.79 Å². The molecule has 0 bridgehead atoms. The SMILES string of the molecule is C/C(=C\C(=O)O)CCCCCCCCCCCCC(=O)O.